The first kappa shape index (κ1) is 14.1. The first-order chi connectivity index (χ1) is 8.89. The van der Waals surface area contributed by atoms with E-state index in [2.05, 4.69) is 5.32 Å². The van der Waals surface area contributed by atoms with E-state index in [1.54, 1.807) is 0 Å². The van der Waals surface area contributed by atoms with Crippen LogP contribution in [-0.4, -0.2) is 61.1 Å². The number of carbonyl (C=O) groups is 2. The van der Waals surface area contributed by atoms with Crippen LogP contribution in [0.25, 0.3) is 0 Å². The molecule has 2 aliphatic heterocycles. The Morgan fingerprint density at radius 3 is 2.63 bits per heavy atom. The van der Waals surface area contributed by atoms with Gasteiger partial charge in [-0.3, -0.25) is 0 Å². The summed E-state index contributed by atoms with van der Waals surface area (Å²) >= 11 is 0. The molecule has 8 heteroatoms. The molecule has 2 rings (SSSR count). The third-order valence-electron chi connectivity index (χ3n) is 3.67. The molecule has 2 amide bonds. The van der Waals surface area contributed by atoms with Gasteiger partial charge in [0.2, 0.25) is 0 Å². The Morgan fingerprint density at radius 1 is 1.32 bits per heavy atom. The van der Waals surface area contributed by atoms with Gasteiger partial charge in [0, 0.05) is 13.1 Å². The minimum absolute atomic E-state index is 0.0557. The monoisotopic (exact) mass is 290 g/mol. The number of urea groups is 1. The number of hydrogen-bond donors (Lipinski definition) is 2. The number of likely N-dealkylation sites (tertiary alicyclic amines) is 1. The van der Waals surface area contributed by atoms with Crippen LogP contribution in [0.3, 0.4) is 0 Å². The standard InChI is InChI=1S/C11H18N2O5S/c14-10(15)9-2-1-4-13(9)11(16)12-6-8-3-5-19(17,18)7-8/h8-9H,1-7H2,(H,12,16)(H,14,15)/t8?,9-/m1/s1. The SMILES string of the molecule is O=C(O)[C@H]1CCCN1C(=O)NCC1CCS(=O)(=O)C1. The highest BCUT2D eigenvalue weighted by molar-refractivity contribution is 7.91. The molecule has 0 aromatic heterocycles. The average molecular weight is 290 g/mol. The zero-order valence-electron chi connectivity index (χ0n) is 10.5. The molecule has 2 heterocycles. The van der Waals surface area contributed by atoms with Gasteiger partial charge in [-0.2, -0.15) is 0 Å². The van der Waals surface area contributed by atoms with Crippen LogP contribution >= 0.6 is 0 Å². The Balaban J connectivity index is 1.83. The summed E-state index contributed by atoms with van der Waals surface area (Å²) in [5.74, 6) is -0.763. The maximum Gasteiger partial charge on any atom is 0.326 e. The Kier molecular flexibility index (Phi) is 3.98. The fourth-order valence-electron chi connectivity index (χ4n) is 2.63. The topological polar surface area (TPSA) is 104 Å². The Hall–Kier alpha value is -1.31. The van der Waals surface area contributed by atoms with E-state index in [-0.39, 0.29) is 17.4 Å². The summed E-state index contributed by atoms with van der Waals surface area (Å²) in [6.45, 7) is 0.729. The summed E-state index contributed by atoms with van der Waals surface area (Å²) in [5, 5.41) is 11.6. The highest BCUT2D eigenvalue weighted by atomic mass is 32.2. The Labute approximate surface area is 111 Å². The van der Waals surface area contributed by atoms with Crippen molar-refractivity contribution in [1.29, 1.82) is 0 Å². The lowest BCUT2D eigenvalue weighted by atomic mass is 10.1. The lowest BCUT2D eigenvalue weighted by Crippen LogP contribution is -2.47. The van der Waals surface area contributed by atoms with Gasteiger partial charge in [-0.05, 0) is 25.2 Å². The number of amides is 2. The third-order valence-corrected chi connectivity index (χ3v) is 5.50. The van der Waals surface area contributed by atoms with Gasteiger partial charge in [-0.1, -0.05) is 0 Å². The maximum atomic E-state index is 11.9. The number of aliphatic carboxylic acids is 1. The minimum atomic E-state index is -2.95. The zero-order valence-corrected chi connectivity index (χ0v) is 11.4. The van der Waals surface area contributed by atoms with E-state index < -0.39 is 27.9 Å². The second-order valence-electron chi connectivity index (χ2n) is 5.14. The highest BCUT2D eigenvalue weighted by Gasteiger charge is 2.34. The first-order valence-corrected chi connectivity index (χ1v) is 8.19. The van der Waals surface area contributed by atoms with Crippen molar-refractivity contribution >= 4 is 21.8 Å². The molecule has 0 aliphatic carbocycles. The molecule has 0 saturated carbocycles. The predicted molar refractivity (Wildman–Crippen MR) is 67.5 cm³/mol. The normalized spacial score (nSPS) is 29.4. The number of carbonyl (C=O) groups excluding carboxylic acids is 1. The van der Waals surface area contributed by atoms with Crippen molar-refractivity contribution in [3.8, 4) is 0 Å². The molecule has 0 aromatic carbocycles. The van der Waals surface area contributed by atoms with Crippen molar-refractivity contribution in [2.24, 2.45) is 5.92 Å². The number of rotatable bonds is 3. The fourth-order valence-corrected chi connectivity index (χ4v) is 4.49. The summed E-state index contributed by atoms with van der Waals surface area (Å²) in [6, 6.07) is -1.17. The zero-order chi connectivity index (χ0) is 14.0. The molecule has 2 fully saturated rings. The molecule has 0 bridgehead atoms. The van der Waals surface area contributed by atoms with Gasteiger partial charge in [0.15, 0.2) is 9.84 Å². The number of nitrogens with zero attached hydrogens (tertiary/aromatic N) is 1. The molecule has 19 heavy (non-hydrogen) atoms. The van der Waals surface area contributed by atoms with Crippen molar-refractivity contribution < 1.29 is 23.1 Å². The van der Waals surface area contributed by atoms with Gasteiger partial charge in [-0.25, -0.2) is 18.0 Å². The van der Waals surface area contributed by atoms with E-state index in [1.807, 2.05) is 0 Å². The van der Waals surface area contributed by atoms with Gasteiger partial charge >= 0.3 is 12.0 Å². The molecule has 0 spiro atoms. The Morgan fingerprint density at radius 2 is 2.05 bits per heavy atom. The number of nitrogens with one attached hydrogen (secondary N) is 1. The van der Waals surface area contributed by atoms with Crippen molar-refractivity contribution in [1.82, 2.24) is 10.2 Å². The molecule has 2 aliphatic rings. The van der Waals surface area contributed by atoms with Crippen molar-refractivity contribution in [2.45, 2.75) is 25.3 Å². The van der Waals surface area contributed by atoms with Gasteiger partial charge in [-0.15, -0.1) is 0 Å². The van der Waals surface area contributed by atoms with Gasteiger partial charge in [0.05, 0.1) is 11.5 Å². The van der Waals surface area contributed by atoms with Crippen LogP contribution in [0, 0.1) is 5.92 Å². The third kappa shape index (κ3) is 3.37. The van der Waals surface area contributed by atoms with E-state index in [0.717, 1.165) is 0 Å². The largest absolute Gasteiger partial charge is 0.480 e. The molecule has 7 nitrogen and oxygen atoms in total. The molecule has 0 radical (unpaired) electrons. The number of carboxylic acids is 1. The number of sulfone groups is 1. The van der Waals surface area contributed by atoms with Crippen LogP contribution in [0.2, 0.25) is 0 Å². The van der Waals surface area contributed by atoms with Crippen molar-refractivity contribution in [3.05, 3.63) is 0 Å². The van der Waals surface area contributed by atoms with Crippen LogP contribution in [0.15, 0.2) is 0 Å². The summed E-state index contributed by atoms with van der Waals surface area (Å²) in [5.41, 5.74) is 0. The molecular weight excluding hydrogens is 272 g/mol. The van der Waals surface area contributed by atoms with Crippen LogP contribution in [0.1, 0.15) is 19.3 Å². The van der Waals surface area contributed by atoms with Crippen molar-refractivity contribution in [3.63, 3.8) is 0 Å². The van der Waals surface area contributed by atoms with Crippen LogP contribution < -0.4 is 5.32 Å². The van der Waals surface area contributed by atoms with E-state index in [4.69, 9.17) is 5.11 Å². The maximum absolute atomic E-state index is 11.9. The van der Waals surface area contributed by atoms with E-state index in [0.29, 0.717) is 32.4 Å². The second-order valence-corrected chi connectivity index (χ2v) is 7.37. The van der Waals surface area contributed by atoms with Crippen LogP contribution in [0.5, 0.6) is 0 Å². The van der Waals surface area contributed by atoms with E-state index >= 15 is 0 Å². The van der Waals surface area contributed by atoms with Crippen molar-refractivity contribution in [2.75, 3.05) is 24.6 Å². The average Bonchev–Trinajstić information content (AvgIpc) is 2.92. The van der Waals surface area contributed by atoms with Crippen LogP contribution in [-0.2, 0) is 14.6 Å². The highest BCUT2D eigenvalue weighted by Crippen LogP contribution is 2.19. The lowest BCUT2D eigenvalue weighted by Gasteiger charge is -2.22. The fraction of sp³-hybridized carbons (Fsp3) is 0.818. The Bertz CT molecular complexity index is 475. The number of carboxylic acid groups (broad SMARTS) is 1. The van der Waals surface area contributed by atoms with E-state index in [1.165, 1.54) is 4.90 Å². The lowest BCUT2D eigenvalue weighted by molar-refractivity contribution is -0.141. The van der Waals surface area contributed by atoms with Crippen LogP contribution in [0.4, 0.5) is 4.79 Å². The van der Waals surface area contributed by atoms with E-state index in [9.17, 15) is 18.0 Å². The summed E-state index contributed by atoms with van der Waals surface area (Å²) < 4.78 is 22.6. The minimum Gasteiger partial charge on any atom is -0.480 e. The summed E-state index contributed by atoms with van der Waals surface area (Å²) in [7, 11) is -2.95. The quantitative estimate of drug-likeness (QED) is 0.741. The molecule has 2 saturated heterocycles. The van der Waals surface area contributed by atoms with Gasteiger partial charge < -0.3 is 15.3 Å². The number of hydrogen-bond acceptors (Lipinski definition) is 4. The molecule has 2 N–H and O–H groups in total. The smallest absolute Gasteiger partial charge is 0.326 e. The molecular formula is C11H18N2O5S. The predicted octanol–water partition coefficient (Wildman–Crippen LogP) is -0.320. The molecule has 0 aromatic rings. The molecule has 2 atom stereocenters. The first-order valence-electron chi connectivity index (χ1n) is 6.37. The van der Waals surface area contributed by atoms with Gasteiger partial charge in [0.25, 0.3) is 0 Å². The summed E-state index contributed by atoms with van der Waals surface area (Å²) in [6.07, 6.45) is 1.72. The summed E-state index contributed by atoms with van der Waals surface area (Å²) in [4.78, 5) is 24.2. The van der Waals surface area contributed by atoms with Gasteiger partial charge in [0.1, 0.15) is 6.04 Å². The second kappa shape index (κ2) is 5.36. The molecule has 108 valence electrons. The molecule has 1 unspecified atom stereocenters.